The van der Waals surface area contributed by atoms with E-state index < -0.39 is 5.82 Å². The van der Waals surface area contributed by atoms with Crippen LogP contribution in [0.25, 0.3) is 27.6 Å². The number of pyridine rings is 1. The first kappa shape index (κ1) is 32.5. The molecule has 0 radical (unpaired) electrons. The van der Waals surface area contributed by atoms with Crippen molar-refractivity contribution in [1.29, 1.82) is 0 Å². The molecule has 1 N–H and O–H groups in total. The largest absolute Gasteiger partial charge is 0.496 e. The summed E-state index contributed by atoms with van der Waals surface area (Å²) in [5, 5.41) is 4.78. The minimum absolute atomic E-state index is 0.00917. The summed E-state index contributed by atoms with van der Waals surface area (Å²) in [5.41, 5.74) is 3.19. The van der Waals surface area contributed by atoms with Gasteiger partial charge in [-0.15, -0.1) is 0 Å². The molecule has 1 saturated carbocycles. The van der Waals surface area contributed by atoms with Crippen molar-refractivity contribution >= 4 is 34.1 Å². The fraction of sp³-hybridized carbons (Fsp3) is 0.333. The number of carbonyl (C=O) groups is 2. The van der Waals surface area contributed by atoms with Gasteiger partial charge < -0.3 is 29.2 Å². The van der Waals surface area contributed by atoms with Crippen LogP contribution in [0.5, 0.6) is 11.5 Å². The highest BCUT2D eigenvalue weighted by molar-refractivity contribution is 6.05. The van der Waals surface area contributed by atoms with E-state index in [9.17, 15) is 9.59 Å². The van der Waals surface area contributed by atoms with Crippen LogP contribution >= 0.6 is 0 Å². The topological polar surface area (TPSA) is 109 Å². The molecule has 11 nitrogen and oxygen atoms in total. The zero-order valence-corrected chi connectivity index (χ0v) is 28.6. The summed E-state index contributed by atoms with van der Waals surface area (Å²) in [6.45, 7) is 3.49. The molecule has 3 aliphatic rings. The molecule has 5 aromatic rings. The van der Waals surface area contributed by atoms with Gasteiger partial charge in [-0.3, -0.25) is 14.3 Å². The number of benzene rings is 2. The Morgan fingerprint density at radius 3 is 2.53 bits per heavy atom. The number of H-pyrrole nitrogens is 1. The highest BCUT2D eigenvalue weighted by Gasteiger charge is 2.30. The number of nitrogens with one attached hydrogen (secondary N) is 1. The number of ether oxygens (including phenoxy) is 2. The number of nitrogens with zero attached hydrogens (tertiary/aromatic N) is 6. The van der Waals surface area contributed by atoms with Gasteiger partial charge >= 0.3 is 0 Å². The molecule has 3 aromatic heterocycles. The summed E-state index contributed by atoms with van der Waals surface area (Å²) in [6, 6.07) is 16.8. The second kappa shape index (κ2) is 13.9. The Labute approximate surface area is 295 Å². The van der Waals surface area contributed by atoms with Crippen LogP contribution in [0.15, 0.2) is 79.3 Å². The van der Waals surface area contributed by atoms with Gasteiger partial charge in [0.1, 0.15) is 11.4 Å². The Kier molecular flexibility index (Phi) is 8.89. The Morgan fingerprint density at radius 1 is 0.922 bits per heavy atom. The number of methoxy groups -OCH3 is 1. The van der Waals surface area contributed by atoms with Crippen LogP contribution < -0.4 is 14.4 Å². The molecule has 0 atom stereocenters. The molecule has 2 amide bonds. The average Bonchev–Trinajstić information content (AvgIpc) is 3.62. The zero-order chi connectivity index (χ0) is 34.9. The van der Waals surface area contributed by atoms with Crippen LogP contribution in [0.2, 0.25) is 0 Å². The summed E-state index contributed by atoms with van der Waals surface area (Å²) in [6.07, 6.45) is 10.6. The van der Waals surface area contributed by atoms with E-state index in [2.05, 4.69) is 20.0 Å². The van der Waals surface area contributed by atoms with E-state index in [1.54, 1.807) is 40.1 Å². The van der Waals surface area contributed by atoms with E-state index in [1.165, 1.54) is 0 Å². The minimum atomic E-state index is -0.456. The van der Waals surface area contributed by atoms with Crippen molar-refractivity contribution < 1.29 is 23.5 Å². The predicted octanol–water partition coefficient (Wildman–Crippen LogP) is 5.78. The van der Waals surface area contributed by atoms with Gasteiger partial charge in [-0.1, -0.05) is 24.3 Å². The van der Waals surface area contributed by atoms with Crippen LogP contribution in [-0.4, -0.2) is 93.8 Å². The standard InChI is InChI=1S/C39H40FN7O4/c1-50-33-9-3-2-8-28(33)30-23-29(26-7-5-16-46(25-26)35(48)13-18-47-17-6-15-42-47)36(40)37-31(30)24-32(43-37)39(49)45-21-19-44(20-22-45)38-34(10-4-14-41-38)51-27-11-12-27/h2-4,6-10,14-15,17,23-24,27,43H,5,11-13,16,18-22,25H2,1H3. The van der Waals surface area contributed by atoms with Gasteiger partial charge in [-0.2, -0.15) is 5.10 Å². The third-order valence-electron chi connectivity index (χ3n) is 9.88. The third kappa shape index (κ3) is 6.65. The number of para-hydroxylation sites is 1. The highest BCUT2D eigenvalue weighted by atomic mass is 19.1. The summed E-state index contributed by atoms with van der Waals surface area (Å²) in [4.78, 5) is 40.7. The molecule has 1 saturated heterocycles. The molecule has 2 aromatic carbocycles. The Balaban J connectivity index is 1.07. The van der Waals surface area contributed by atoms with Gasteiger partial charge in [0.25, 0.3) is 5.91 Å². The van der Waals surface area contributed by atoms with Gasteiger partial charge in [0.2, 0.25) is 5.91 Å². The molecule has 0 bridgehead atoms. The summed E-state index contributed by atoms with van der Waals surface area (Å²) >= 11 is 0. The molecule has 262 valence electrons. The van der Waals surface area contributed by atoms with E-state index in [0.717, 1.165) is 41.1 Å². The molecule has 0 spiro atoms. The quantitative estimate of drug-likeness (QED) is 0.198. The number of aromatic nitrogens is 4. The van der Waals surface area contributed by atoms with E-state index in [-0.39, 0.29) is 30.0 Å². The Morgan fingerprint density at radius 2 is 1.75 bits per heavy atom. The normalized spacial score (nSPS) is 16.4. The van der Waals surface area contributed by atoms with E-state index in [4.69, 9.17) is 9.47 Å². The summed E-state index contributed by atoms with van der Waals surface area (Å²) < 4.78 is 30.3. The van der Waals surface area contributed by atoms with Crippen molar-refractivity contribution in [1.82, 2.24) is 29.5 Å². The van der Waals surface area contributed by atoms with Crippen molar-refractivity contribution in [3.8, 4) is 22.6 Å². The SMILES string of the molecule is COc1ccccc1-c1cc(C2=CCCN(C(=O)CCn3cccn3)C2)c(F)c2[nH]c(C(=O)N3CCN(c4ncccc4OC4CC4)CC3)cc12. The maximum Gasteiger partial charge on any atom is 0.270 e. The van der Waals surface area contributed by atoms with Crippen LogP contribution in [0, 0.1) is 5.82 Å². The number of rotatable bonds is 10. The maximum atomic E-state index is 16.7. The molecule has 2 aliphatic heterocycles. The highest BCUT2D eigenvalue weighted by Crippen LogP contribution is 2.40. The maximum absolute atomic E-state index is 16.7. The number of anilines is 1. The van der Waals surface area contributed by atoms with Crippen molar-refractivity contribution in [3.05, 3.63) is 96.3 Å². The molecule has 1 aliphatic carbocycles. The molecule has 12 heteroatoms. The predicted molar refractivity (Wildman–Crippen MR) is 192 cm³/mol. The van der Waals surface area contributed by atoms with Crippen molar-refractivity contribution in [2.45, 2.75) is 38.3 Å². The smallest absolute Gasteiger partial charge is 0.270 e. The second-order valence-electron chi connectivity index (χ2n) is 13.2. The number of aryl methyl sites for hydroxylation is 1. The first-order valence-corrected chi connectivity index (χ1v) is 17.6. The summed E-state index contributed by atoms with van der Waals surface area (Å²) in [7, 11) is 1.61. The lowest BCUT2D eigenvalue weighted by Gasteiger charge is -2.35. The monoisotopic (exact) mass is 689 g/mol. The second-order valence-corrected chi connectivity index (χ2v) is 13.2. The molecule has 5 heterocycles. The van der Waals surface area contributed by atoms with Gasteiger partial charge in [-0.25, -0.2) is 9.37 Å². The number of piperazine rings is 1. The number of carbonyl (C=O) groups excluding carboxylic acids is 2. The number of fused-ring (bicyclic) bond motifs is 1. The van der Waals surface area contributed by atoms with Crippen molar-refractivity contribution in [2.24, 2.45) is 0 Å². The van der Waals surface area contributed by atoms with Gasteiger partial charge in [0.05, 0.1) is 18.7 Å². The molecule has 51 heavy (non-hydrogen) atoms. The van der Waals surface area contributed by atoms with E-state index in [1.807, 2.05) is 60.8 Å². The zero-order valence-electron chi connectivity index (χ0n) is 28.6. The molecule has 2 fully saturated rings. The van der Waals surface area contributed by atoms with E-state index in [0.29, 0.717) is 74.5 Å². The van der Waals surface area contributed by atoms with Crippen LogP contribution in [-0.2, 0) is 11.3 Å². The first-order chi connectivity index (χ1) is 25.0. The lowest BCUT2D eigenvalue weighted by atomic mass is 9.93. The number of hydrogen-bond acceptors (Lipinski definition) is 7. The van der Waals surface area contributed by atoms with Crippen LogP contribution in [0.1, 0.15) is 41.7 Å². The Bertz CT molecular complexity index is 2100. The van der Waals surface area contributed by atoms with Crippen molar-refractivity contribution in [2.75, 3.05) is 51.3 Å². The van der Waals surface area contributed by atoms with Gasteiger partial charge in [0.15, 0.2) is 17.4 Å². The van der Waals surface area contributed by atoms with Crippen LogP contribution in [0.4, 0.5) is 10.2 Å². The molecule has 8 rings (SSSR count). The van der Waals surface area contributed by atoms with Gasteiger partial charge in [0, 0.05) is 87.3 Å². The number of amides is 2. The minimum Gasteiger partial charge on any atom is -0.496 e. The first-order valence-electron chi connectivity index (χ1n) is 17.6. The Hall–Kier alpha value is -5.65. The fourth-order valence-corrected chi connectivity index (χ4v) is 7.02. The number of halogens is 1. The third-order valence-corrected chi connectivity index (χ3v) is 9.88. The molecule has 0 unspecified atom stereocenters. The fourth-order valence-electron chi connectivity index (χ4n) is 7.02. The lowest BCUT2D eigenvalue weighted by molar-refractivity contribution is -0.131. The molecular weight excluding hydrogens is 649 g/mol. The average molecular weight is 690 g/mol. The van der Waals surface area contributed by atoms with E-state index >= 15 is 4.39 Å². The molecular formula is C39H40FN7O4. The van der Waals surface area contributed by atoms with Crippen molar-refractivity contribution in [3.63, 3.8) is 0 Å². The summed E-state index contributed by atoms with van der Waals surface area (Å²) in [5.74, 6) is 1.55. The number of aromatic amines is 1. The number of hydrogen-bond donors (Lipinski definition) is 1. The van der Waals surface area contributed by atoms with Crippen LogP contribution in [0.3, 0.4) is 0 Å². The lowest BCUT2D eigenvalue weighted by Crippen LogP contribution is -2.49. The van der Waals surface area contributed by atoms with Gasteiger partial charge in [-0.05, 0) is 66.8 Å².